The fourth-order valence-electron chi connectivity index (χ4n) is 1.88. The lowest BCUT2D eigenvalue weighted by Crippen LogP contribution is -2.39. The van der Waals surface area contributed by atoms with Crippen molar-refractivity contribution in [2.45, 2.75) is 6.42 Å². The summed E-state index contributed by atoms with van der Waals surface area (Å²) in [4.78, 5) is 30.3. The van der Waals surface area contributed by atoms with E-state index in [0.717, 1.165) is 4.88 Å². The number of aromatic nitrogens is 1. The molecular weight excluding hydrogens is 320 g/mol. The van der Waals surface area contributed by atoms with Gasteiger partial charge in [-0.25, -0.2) is 4.98 Å². The lowest BCUT2D eigenvalue weighted by Gasteiger charge is -2.20. The summed E-state index contributed by atoms with van der Waals surface area (Å²) < 4.78 is 15.0. The third-order valence-corrected chi connectivity index (χ3v) is 3.94. The molecule has 0 radical (unpaired) electrons. The Hall–Kier alpha value is -2.19. The van der Waals surface area contributed by atoms with Gasteiger partial charge in [-0.05, 0) is 11.4 Å². The highest BCUT2D eigenvalue weighted by Crippen LogP contribution is 2.23. The molecule has 0 unspecified atom stereocenters. The standard InChI is InChI=1S/C15H18N2O5S/c1-20-6-5-17(9-14(19)21-2)13(18)8-11-10-22-15(16-11)12-4-3-7-23-12/h3-4,7,10H,5-6,8-9H2,1-2H3. The van der Waals surface area contributed by atoms with Gasteiger partial charge in [0.15, 0.2) is 0 Å². The van der Waals surface area contributed by atoms with Gasteiger partial charge in [-0.1, -0.05) is 6.07 Å². The molecule has 2 aromatic rings. The molecule has 0 bridgehead atoms. The zero-order chi connectivity index (χ0) is 16.7. The summed E-state index contributed by atoms with van der Waals surface area (Å²) in [7, 11) is 2.82. The number of ether oxygens (including phenoxy) is 2. The molecule has 1 amide bonds. The van der Waals surface area contributed by atoms with Crippen molar-refractivity contribution in [2.24, 2.45) is 0 Å². The van der Waals surface area contributed by atoms with Crippen LogP contribution >= 0.6 is 11.3 Å². The van der Waals surface area contributed by atoms with Gasteiger partial charge in [0.25, 0.3) is 0 Å². The average molecular weight is 338 g/mol. The maximum Gasteiger partial charge on any atom is 0.325 e. The fourth-order valence-corrected chi connectivity index (χ4v) is 2.54. The Kier molecular flexibility index (Phi) is 6.30. The van der Waals surface area contributed by atoms with Crippen LogP contribution in [0.4, 0.5) is 0 Å². The van der Waals surface area contributed by atoms with E-state index in [-0.39, 0.29) is 18.9 Å². The number of oxazole rings is 1. The van der Waals surface area contributed by atoms with Crippen LogP contribution in [0.2, 0.25) is 0 Å². The van der Waals surface area contributed by atoms with Crippen LogP contribution in [0.25, 0.3) is 10.8 Å². The zero-order valence-electron chi connectivity index (χ0n) is 13.0. The number of nitrogens with zero attached hydrogens (tertiary/aromatic N) is 2. The Morgan fingerprint density at radius 1 is 1.39 bits per heavy atom. The number of carbonyl (C=O) groups excluding carboxylic acids is 2. The third-order valence-electron chi connectivity index (χ3n) is 3.08. The third kappa shape index (κ3) is 4.90. The molecule has 0 spiro atoms. The zero-order valence-corrected chi connectivity index (χ0v) is 13.8. The fraction of sp³-hybridized carbons (Fsp3) is 0.400. The van der Waals surface area contributed by atoms with Crippen molar-refractivity contribution in [1.82, 2.24) is 9.88 Å². The Bertz CT molecular complexity index is 638. The normalized spacial score (nSPS) is 10.5. The summed E-state index contributed by atoms with van der Waals surface area (Å²) >= 11 is 1.51. The van der Waals surface area contributed by atoms with Gasteiger partial charge < -0.3 is 18.8 Å². The SMILES string of the molecule is COCCN(CC(=O)OC)C(=O)Cc1coc(-c2cccs2)n1. The van der Waals surface area contributed by atoms with Gasteiger partial charge in [0.05, 0.1) is 30.7 Å². The van der Waals surface area contributed by atoms with Gasteiger partial charge in [0.1, 0.15) is 12.8 Å². The number of carbonyl (C=O) groups is 2. The summed E-state index contributed by atoms with van der Waals surface area (Å²) in [5, 5.41) is 1.92. The molecular formula is C15H18N2O5S. The second-order valence-electron chi connectivity index (χ2n) is 4.68. The molecule has 2 heterocycles. The van der Waals surface area contributed by atoms with Crippen LogP contribution in [0, 0.1) is 0 Å². The average Bonchev–Trinajstić information content (AvgIpc) is 3.21. The van der Waals surface area contributed by atoms with Crippen molar-refractivity contribution in [1.29, 1.82) is 0 Å². The van der Waals surface area contributed by atoms with Crippen LogP contribution in [0.3, 0.4) is 0 Å². The Balaban J connectivity index is 2.01. The molecule has 0 aliphatic carbocycles. The van der Waals surface area contributed by atoms with E-state index in [9.17, 15) is 9.59 Å². The van der Waals surface area contributed by atoms with Crippen LogP contribution in [0.1, 0.15) is 5.69 Å². The van der Waals surface area contributed by atoms with E-state index in [1.54, 1.807) is 0 Å². The van der Waals surface area contributed by atoms with Crippen molar-refractivity contribution in [2.75, 3.05) is 33.9 Å². The predicted molar refractivity (Wildman–Crippen MR) is 84.0 cm³/mol. The molecule has 0 saturated carbocycles. The van der Waals surface area contributed by atoms with Gasteiger partial charge in [0.2, 0.25) is 11.8 Å². The molecule has 8 heteroatoms. The maximum absolute atomic E-state index is 12.3. The largest absolute Gasteiger partial charge is 0.468 e. The Labute approximate surface area is 137 Å². The van der Waals surface area contributed by atoms with E-state index in [1.165, 1.54) is 36.7 Å². The number of methoxy groups -OCH3 is 2. The van der Waals surface area contributed by atoms with Crippen LogP contribution in [0.15, 0.2) is 28.2 Å². The van der Waals surface area contributed by atoms with Crippen LogP contribution in [-0.4, -0.2) is 55.7 Å². The summed E-state index contributed by atoms with van der Waals surface area (Å²) in [6.45, 7) is 0.524. The van der Waals surface area contributed by atoms with Gasteiger partial charge in [-0.2, -0.15) is 0 Å². The summed E-state index contributed by atoms with van der Waals surface area (Å²) in [6, 6.07) is 3.79. The molecule has 0 aliphatic heterocycles. The van der Waals surface area contributed by atoms with Crippen molar-refractivity contribution < 1.29 is 23.5 Å². The number of thiophene rings is 1. The molecule has 7 nitrogen and oxygen atoms in total. The first-order valence-corrected chi connectivity index (χ1v) is 7.83. The van der Waals surface area contributed by atoms with Gasteiger partial charge in [-0.15, -0.1) is 11.3 Å². The van der Waals surface area contributed by atoms with Crippen molar-refractivity contribution >= 4 is 23.2 Å². The molecule has 0 aromatic carbocycles. The Morgan fingerprint density at radius 3 is 2.87 bits per heavy atom. The lowest BCUT2D eigenvalue weighted by atomic mass is 10.3. The van der Waals surface area contributed by atoms with Crippen molar-refractivity contribution in [3.63, 3.8) is 0 Å². The molecule has 2 rings (SSSR count). The molecule has 0 saturated heterocycles. The molecule has 0 N–H and O–H groups in total. The first-order valence-electron chi connectivity index (χ1n) is 6.96. The minimum absolute atomic E-state index is 0.0512. The number of hydrogen-bond donors (Lipinski definition) is 0. The second kappa shape index (κ2) is 8.44. The highest BCUT2D eigenvalue weighted by Gasteiger charge is 2.19. The number of hydrogen-bond acceptors (Lipinski definition) is 7. The number of rotatable bonds is 8. The summed E-state index contributed by atoms with van der Waals surface area (Å²) in [5.74, 6) is -0.230. The smallest absolute Gasteiger partial charge is 0.325 e. The first-order chi connectivity index (χ1) is 11.1. The topological polar surface area (TPSA) is 81.9 Å². The number of amides is 1. The highest BCUT2D eigenvalue weighted by atomic mass is 32.1. The molecule has 23 heavy (non-hydrogen) atoms. The number of esters is 1. The molecule has 0 aliphatic rings. The first kappa shape index (κ1) is 17.2. The maximum atomic E-state index is 12.3. The van der Waals surface area contributed by atoms with E-state index in [1.807, 2.05) is 17.5 Å². The molecule has 124 valence electrons. The minimum Gasteiger partial charge on any atom is -0.468 e. The second-order valence-corrected chi connectivity index (χ2v) is 5.63. The predicted octanol–water partition coefficient (Wildman–Crippen LogP) is 1.59. The highest BCUT2D eigenvalue weighted by molar-refractivity contribution is 7.13. The van der Waals surface area contributed by atoms with E-state index >= 15 is 0 Å². The Morgan fingerprint density at radius 2 is 2.22 bits per heavy atom. The van der Waals surface area contributed by atoms with E-state index in [4.69, 9.17) is 9.15 Å². The molecule has 0 fully saturated rings. The molecule has 0 atom stereocenters. The van der Waals surface area contributed by atoms with Crippen LogP contribution in [0.5, 0.6) is 0 Å². The van der Waals surface area contributed by atoms with E-state index < -0.39 is 5.97 Å². The minimum atomic E-state index is -0.478. The van der Waals surface area contributed by atoms with Gasteiger partial charge in [0, 0.05) is 13.7 Å². The quantitative estimate of drug-likeness (QED) is 0.680. The summed E-state index contributed by atoms with van der Waals surface area (Å²) in [6.07, 6.45) is 1.51. The van der Waals surface area contributed by atoms with Crippen molar-refractivity contribution in [3.8, 4) is 10.8 Å². The van der Waals surface area contributed by atoms with Crippen LogP contribution < -0.4 is 0 Å². The van der Waals surface area contributed by atoms with E-state index in [2.05, 4.69) is 9.72 Å². The van der Waals surface area contributed by atoms with Crippen LogP contribution in [-0.2, 0) is 25.5 Å². The van der Waals surface area contributed by atoms with Gasteiger partial charge in [-0.3, -0.25) is 9.59 Å². The van der Waals surface area contributed by atoms with E-state index in [0.29, 0.717) is 24.7 Å². The molecule has 2 aromatic heterocycles. The van der Waals surface area contributed by atoms with Gasteiger partial charge >= 0.3 is 5.97 Å². The monoisotopic (exact) mass is 338 g/mol. The lowest BCUT2D eigenvalue weighted by molar-refractivity contribution is -0.147. The van der Waals surface area contributed by atoms with Crippen molar-refractivity contribution in [3.05, 3.63) is 29.5 Å². The summed E-state index contributed by atoms with van der Waals surface area (Å²) in [5.41, 5.74) is 0.519.